The molecule has 0 aromatic heterocycles. The summed E-state index contributed by atoms with van der Waals surface area (Å²) >= 11 is 2.03. The number of benzene rings is 1. The van der Waals surface area contributed by atoms with Crippen molar-refractivity contribution in [2.45, 2.75) is 51.2 Å². The van der Waals surface area contributed by atoms with Gasteiger partial charge in [-0.2, -0.15) is 11.8 Å². The van der Waals surface area contributed by atoms with Crippen LogP contribution in [0.2, 0.25) is 0 Å². The molecule has 1 aromatic rings. The average molecular weight is 338 g/mol. The van der Waals surface area contributed by atoms with Crippen molar-refractivity contribution in [2.75, 3.05) is 23.0 Å². The molecule has 1 saturated heterocycles. The van der Waals surface area contributed by atoms with Crippen molar-refractivity contribution in [3.05, 3.63) is 35.4 Å². The zero-order chi connectivity index (χ0) is 16.4. The fourth-order valence-electron chi connectivity index (χ4n) is 2.79. The van der Waals surface area contributed by atoms with Crippen LogP contribution in [0.1, 0.15) is 57.0 Å². The molecule has 0 aliphatic carbocycles. The molecule has 1 fully saturated rings. The molecule has 1 nitrogen and oxygen atoms in total. The third kappa shape index (κ3) is 3.73. The van der Waals surface area contributed by atoms with Crippen molar-refractivity contribution in [2.24, 2.45) is 0 Å². The van der Waals surface area contributed by atoms with Gasteiger partial charge in [0, 0.05) is 28.0 Å². The molecule has 0 N–H and O–H groups in total. The number of carbonyl (C=O) groups excluding carboxylic acids is 1. The summed E-state index contributed by atoms with van der Waals surface area (Å²) in [4.78, 5) is 13.0. The Kier molecular flexibility index (Phi) is 5.71. The Bertz CT molecular complexity index is 511. The van der Waals surface area contributed by atoms with Crippen LogP contribution in [-0.2, 0) is 16.3 Å². The van der Waals surface area contributed by atoms with Crippen LogP contribution >= 0.6 is 11.8 Å². The predicted molar refractivity (Wildman–Crippen MR) is 103 cm³/mol. The van der Waals surface area contributed by atoms with Crippen LogP contribution in [0.15, 0.2) is 24.3 Å². The van der Waals surface area contributed by atoms with Gasteiger partial charge in [0.15, 0.2) is 4.75 Å². The molecule has 0 amide bonds. The number of hydrogen-bond donors (Lipinski definition) is 0. The first kappa shape index (κ1) is 17.9. The van der Waals surface area contributed by atoms with Gasteiger partial charge in [-0.1, -0.05) is 45.0 Å². The number of Topliss-reactive ketones (excluding diaryl/α,β-unsaturated/α-hetero) is 1. The fraction of sp³-hybridized carbons (Fsp3) is 0.632. The number of thioether (sulfide) groups is 1. The van der Waals surface area contributed by atoms with Crippen molar-refractivity contribution >= 4 is 28.4 Å². The Balaban J connectivity index is 2.18. The van der Waals surface area contributed by atoms with Crippen molar-refractivity contribution in [3.63, 3.8) is 0 Å². The first-order valence-corrected chi connectivity index (χ1v) is 10.9. The molecule has 0 unspecified atom stereocenters. The van der Waals surface area contributed by atoms with E-state index in [0.29, 0.717) is 5.78 Å². The normalized spacial score (nSPS) is 17.5. The maximum absolute atomic E-state index is 13.0. The van der Waals surface area contributed by atoms with Crippen LogP contribution in [0.25, 0.3) is 0 Å². The van der Waals surface area contributed by atoms with Gasteiger partial charge in [0.25, 0.3) is 0 Å². The second-order valence-corrected chi connectivity index (χ2v) is 11.2. The molecule has 3 heteroatoms. The highest BCUT2D eigenvalue weighted by atomic mass is 32.2. The van der Waals surface area contributed by atoms with Gasteiger partial charge in [0.1, 0.15) is 11.5 Å². The first-order chi connectivity index (χ1) is 10.3. The fourth-order valence-corrected chi connectivity index (χ4v) is 7.15. The molecule has 1 aromatic carbocycles. The highest BCUT2D eigenvalue weighted by Gasteiger charge is 2.46. The maximum Gasteiger partial charge on any atom is 0.217 e. The standard InChI is InChI=1S/C19H29OS2/c1-6-18(2,3)16-9-7-15(8-10-16)17(20)19(4,5)22-13-11-21-12-14-22/h7-10H,6,11-14H2,1-5H3/q+1. The second kappa shape index (κ2) is 7.00. The minimum Gasteiger partial charge on any atom is -0.288 e. The summed E-state index contributed by atoms with van der Waals surface area (Å²) in [6, 6.07) is 8.37. The van der Waals surface area contributed by atoms with E-state index in [1.54, 1.807) is 0 Å². The number of carbonyl (C=O) groups is 1. The highest BCUT2D eigenvalue weighted by molar-refractivity contribution is 8.05. The van der Waals surface area contributed by atoms with Gasteiger partial charge in [-0.05, 0) is 31.2 Å². The van der Waals surface area contributed by atoms with Crippen LogP contribution < -0.4 is 0 Å². The Morgan fingerprint density at radius 1 is 1.09 bits per heavy atom. The van der Waals surface area contributed by atoms with E-state index >= 15 is 0 Å². The van der Waals surface area contributed by atoms with E-state index in [-0.39, 0.29) is 21.1 Å². The molecule has 0 bridgehead atoms. The SMILES string of the molecule is CCC(C)(C)c1ccc(C(=O)C(C)(C)[S+]2CCSCC2)cc1. The number of hydrogen-bond acceptors (Lipinski definition) is 2. The molecular formula is C19H29OS2+. The van der Waals surface area contributed by atoms with Gasteiger partial charge < -0.3 is 0 Å². The van der Waals surface area contributed by atoms with Crippen molar-refractivity contribution < 1.29 is 4.79 Å². The topological polar surface area (TPSA) is 17.1 Å². The Hall–Kier alpha value is -0.410. The monoisotopic (exact) mass is 337 g/mol. The van der Waals surface area contributed by atoms with Gasteiger partial charge in [0.2, 0.25) is 5.78 Å². The van der Waals surface area contributed by atoms with Crippen LogP contribution in [0.3, 0.4) is 0 Å². The van der Waals surface area contributed by atoms with Crippen molar-refractivity contribution in [1.82, 2.24) is 0 Å². The molecule has 1 heterocycles. The summed E-state index contributed by atoms with van der Waals surface area (Å²) in [6.07, 6.45) is 1.10. The van der Waals surface area contributed by atoms with E-state index in [9.17, 15) is 4.79 Å². The van der Waals surface area contributed by atoms with Crippen LogP contribution in [0.5, 0.6) is 0 Å². The minimum absolute atomic E-state index is 0.180. The molecule has 2 rings (SSSR count). The average Bonchev–Trinajstić information content (AvgIpc) is 2.55. The Morgan fingerprint density at radius 2 is 1.64 bits per heavy atom. The molecule has 0 atom stereocenters. The third-order valence-electron chi connectivity index (χ3n) is 5.03. The smallest absolute Gasteiger partial charge is 0.217 e. The van der Waals surface area contributed by atoms with Gasteiger partial charge in [-0.3, -0.25) is 4.79 Å². The molecule has 0 saturated carbocycles. The first-order valence-electron chi connectivity index (χ1n) is 8.19. The quantitative estimate of drug-likeness (QED) is 0.572. The lowest BCUT2D eigenvalue weighted by Gasteiger charge is -2.28. The highest BCUT2D eigenvalue weighted by Crippen LogP contribution is 2.31. The number of rotatable bonds is 5. The van der Waals surface area contributed by atoms with Gasteiger partial charge in [0.05, 0.1) is 0 Å². The lowest BCUT2D eigenvalue weighted by Crippen LogP contribution is -2.46. The van der Waals surface area contributed by atoms with Gasteiger partial charge >= 0.3 is 0 Å². The van der Waals surface area contributed by atoms with Gasteiger partial charge in [-0.25, -0.2) is 0 Å². The summed E-state index contributed by atoms with van der Waals surface area (Å²) in [5.74, 6) is 5.14. The maximum atomic E-state index is 13.0. The summed E-state index contributed by atoms with van der Waals surface area (Å²) in [6.45, 7) is 11.0. The summed E-state index contributed by atoms with van der Waals surface area (Å²) in [5.41, 5.74) is 2.38. The van der Waals surface area contributed by atoms with E-state index in [1.807, 2.05) is 23.9 Å². The summed E-state index contributed by atoms with van der Waals surface area (Å²) in [5, 5.41) is 0. The molecule has 22 heavy (non-hydrogen) atoms. The predicted octanol–water partition coefficient (Wildman–Crippen LogP) is 4.70. The zero-order valence-corrected chi connectivity index (χ0v) is 16.2. The van der Waals surface area contributed by atoms with Crippen LogP contribution in [-0.4, -0.2) is 33.5 Å². The zero-order valence-electron chi connectivity index (χ0n) is 14.6. The molecule has 0 spiro atoms. The lowest BCUT2D eigenvalue weighted by atomic mass is 9.81. The van der Waals surface area contributed by atoms with Gasteiger partial charge in [-0.15, -0.1) is 0 Å². The largest absolute Gasteiger partial charge is 0.288 e. The van der Waals surface area contributed by atoms with Crippen LogP contribution in [0.4, 0.5) is 0 Å². The molecule has 1 aliphatic rings. The summed E-state index contributed by atoms with van der Waals surface area (Å²) in [7, 11) is 0.220. The number of ketones is 1. The van der Waals surface area contributed by atoms with E-state index in [1.165, 1.54) is 28.6 Å². The summed E-state index contributed by atoms with van der Waals surface area (Å²) < 4.78 is -0.219. The molecule has 1 aliphatic heterocycles. The second-order valence-electron chi connectivity index (χ2n) is 7.17. The van der Waals surface area contributed by atoms with Crippen LogP contribution in [0, 0.1) is 0 Å². The van der Waals surface area contributed by atoms with E-state index < -0.39 is 0 Å². The van der Waals surface area contributed by atoms with E-state index in [0.717, 1.165) is 12.0 Å². The minimum atomic E-state index is -0.219. The van der Waals surface area contributed by atoms with Crippen molar-refractivity contribution in [1.29, 1.82) is 0 Å². The Morgan fingerprint density at radius 3 is 2.14 bits per heavy atom. The molecule has 0 radical (unpaired) electrons. The van der Waals surface area contributed by atoms with E-state index in [2.05, 4.69) is 46.8 Å². The molecular weight excluding hydrogens is 308 g/mol. The van der Waals surface area contributed by atoms with E-state index in [4.69, 9.17) is 0 Å². The third-order valence-corrected chi connectivity index (χ3v) is 9.55. The Labute approximate surface area is 143 Å². The van der Waals surface area contributed by atoms with Crippen molar-refractivity contribution in [3.8, 4) is 0 Å². The molecule has 122 valence electrons. The lowest BCUT2D eigenvalue weighted by molar-refractivity contribution is 0.0956.